The summed E-state index contributed by atoms with van der Waals surface area (Å²) in [4.78, 5) is 26.6. The Labute approximate surface area is 157 Å². The number of furan rings is 1. The molecule has 138 valence electrons. The van der Waals surface area contributed by atoms with Crippen LogP contribution in [0.1, 0.15) is 25.0 Å². The van der Waals surface area contributed by atoms with E-state index in [9.17, 15) is 9.59 Å². The van der Waals surface area contributed by atoms with E-state index in [0.717, 1.165) is 25.1 Å². The highest BCUT2D eigenvalue weighted by molar-refractivity contribution is 6.33. The summed E-state index contributed by atoms with van der Waals surface area (Å²) in [7, 11) is 0. The standard InChI is InChI=1S/C19H22ClN3O3/c20-15-6-1-2-7-16(15)22-18(24)9-11-23-10-3-8-17(23)19(25)21-13-14-5-4-12-26-14/h1-2,4-7,12,17H,3,8-11,13H2,(H,21,25)(H,22,24). The molecule has 1 atom stereocenters. The van der Waals surface area contributed by atoms with Crippen LogP contribution < -0.4 is 10.6 Å². The molecule has 0 spiro atoms. The first-order chi connectivity index (χ1) is 12.6. The van der Waals surface area contributed by atoms with Gasteiger partial charge in [0.1, 0.15) is 5.76 Å². The van der Waals surface area contributed by atoms with Crippen molar-refractivity contribution in [2.45, 2.75) is 31.8 Å². The maximum Gasteiger partial charge on any atom is 0.237 e. The monoisotopic (exact) mass is 375 g/mol. The number of carbonyl (C=O) groups is 2. The molecule has 2 heterocycles. The van der Waals surface area contributed by atoms with Crippen molar-refractivity contribution in [1.82, 2.24) is 10.2 Å². The van der Waals surface area contributed by atoms with Gasteiger partial charge in [-0.25, -0.2) is 0 Å². The molecule has 1 aliphatic heterocycles. The zero-order valence-electron chi connectivity index (χ0n) is 14.4. The highest BCUT2D eigenvalue weighted by atomic mass is 35.5. The predicted octanol–water partition coefficient (Wildman–Crippen LogP) is 3.04. The summed E-state index contributed by atoms with van der Waals surface area (Å²) in [5.41, 5.74) is 0.605. The second kappa shape index (κ2) is 8.87. The number of carbonyl (C=O) groups excluding carboxylic acids is 2. The lowest BCUT2D eigenvalue weighted by molar-refractivity contribution is -0.126. The molecule has 1 unspecified atom stereocenters. The number of nitrogens with zero attached hydrogens (tertiary/aromatic N) is 1. The summed E-state index contributed by atoms with van der Waals surface area (Å²) in [6.07, 6.45) is 3.65. The van der Waals surface area contributed by atoms with Gasteiger partial charge in [0.25, 0.3) is 0 Å². The van der Waals surface area contributed by atoms with Crippen LogP contribution in [0.4, 0.5) is 5.69 Å². The number of para-hydroxylation sites is 1. The summed E-state index contributed by atoms with van der Waals surface area (Å²) in [6.45, 7) is 1.73. The topological polar surface area (TPSA) is 74.6 Å². The zero-order chi connectivity index (χ0) is 18.4. The van der Waals surface area contributed by atoms with Gasteiger partial charge in [0, 0.05) is 13.0 Å². The molecule has 1 aliphatic rings. The number of likely N-dealkylation sites (tertiary alicyclic amines) is 1. The minimum atomic E-state index is -0.196. The first kappa shape index (κ1) is 18.5. The molecular weight excluding hydrogens is 354 g/mol. The van der Waals surface area contributed by atoms with Crippen molar-refractivity contribution < 1.29 is 14.0 Å². The van der Waals surface area contributed by atoms with Crippen molar-refractivity contribution in [3.05, 3.63) is 53.4 Å². The molecule has 1 fully saturated rings. The third-order valence-corrected chi connectivity index (χ3v) is 4.79. The molecule has 2 amide bonds. The average molecular weight is 376 g/mol. The minimum Gasteiger partial charge on any atom is -0.467 e. The molecule has 1 aromatic heterocycles. The lowest BCUT2D eigenvalue weighted by atomic mass is 10.2. The van der Waals surface area contributed by atoms with Crippen molar-refractivity contribution in [3.8, 4) is 0 Å². The van der Waals surface area contributed by atoms with Crippen LogP contribution >= 0.6 is 11.6 Å². The van der Waals surface area contributed by atoms with E-state index in [1.807, 2.05) is 18.2 Å². The fourth-order valence-corrected chi connectivity index (χ4v) is 3.30. The van der Waals surface area contributed by atoms with Crippen LogP contribution in [0, 0.1) is 0 Å². The zero-order valence-corrected chi connectivity index (χ0v) is 15.2. The largest absolute Gasteiger partial charge is 0.467 e. The van der Waals surface area contributed by atoms with Gasteiger partial charge in [-0.05, 0) is 43.7 Å². The Morgan fingerprint density at radius 3 is 2.85 bits per heavy atom. The lowest BCUT2D eigenvalue weighted by Gasteiger charge is -2.23. The van der Waals surface area contributed by atoms with Crippen LogP contribution in [-0.4, -0.2) is 35.8 Å². The van der Waals surface area contributed by atoms with E-state index in [0.29, 0.717) is 30.2 Å². The molecule has 2 N–H and O–H groups in total. The summed E-state index contributed by atoms with van der Waals surface area (Å²) < 4.78 is 5.23. The quantitative estimate of drug-likeness (QED) is 0.780. The number of hydrogen-bond acceptors (Lipinski definition) is 4. The van der Waals surface area contributed by atoms with E-state index in [-0.39, 0.29) is 17.9 Å². The smallest absolute Gasteiger partial charge is 0.237 e. The van der Waals surface area contributed by atoms with Gasteiger partial charge >= 0.3 is 0 Å². The van der Waals surface area contributed by atoms with Gasteiger partial charge in [0.05, 0.1) is 29.6 Å². The number of nitrogens with one attached hydrogen (secondary N) is 2. The van der Waals surface area contributed by atoms with Crippen LogP contribution in [0.5, 0.6) is 0 Å². The SMILES string of the molecule is O=C(CCN1CCCC1C(=O)NCc1ccco1)Nc1ccccc1Cl. The van der Waals surface area contributed by atoms with Gasteiger partial charge in [-0.1, -0.05) is 23.7 Å². The molecule has 0 radical (unpaired) electrons. The summed E-state index contributed by atoms with van der Waals surface area (Å²) in [5.74, 6) is 0.590. The molecule has 0 saturated carbocycles. The van der Waals surface area contributed by atoms with Crippen molar-refractivity contribution in [3.63, 3.8) is 0 Å². The number of hydrogen-bond donors (Lipinski definition) is 2. The van der Waals surface area contributed by atoms with E-state index < -0.39 is 0 Å². The maximum absolute atomic E-state index is 12.4. The van der Waals surface area contributed by atoms with Gasteiger partial charge in [0.15, 0.2) is 0 Å². The van der Waals surface area contributed by atoms with Crippen LogP contribution in [-0.2, 0) is 16.1 Å². The van der Waals surface area contributed by atoms with Gasteiger partial charge in [-0.3, -0.25) is 14.5 Å². The van der Waals surface area contributed by atoms with E-state index >= 15 is 0 Å². The molecule has 3 rings (SSSR count). The van der Waals surface area contributed by atoms with Gasteiger partial charge in [0.2, 0.25) is 11.8 Å². The molecule has 1 aromatic carbocycles. The fourth-order valence-electron chi connectivity index (χ4n) is 3.12. The Balaban J connectivity index is 1.46. The third-order valence-electron chi connectivity index (χ3n) is 4.46. The molecule has 7 heteroatoms. The number of rotatable bonds is 7. The van der Waals surface area contributed by atoms with E-state index in [1.165, 1.54) is 0 Å². The number of anilines is 1. The normalized spacial score (nSPS) is 17.2. The van der Waals surface area contributed by atoms with Crippen molar-refractivity contribution in [1.29, 1.82) is 0 Å². The lowest BCUT2D eigenvalue weighted by Crippen LogP contribution is -2.43. The second-order valence-electron chi connectivity index (χ2n) is 6.27. The molecule has 0 aliphatic carbocycles. The summed E-state index contributed by atoms with van der Waals surface area (Å²) in [5, 5.41) is 6.22. The van der Waals surface area contributed by atoms with Gasteiger partial charge in [-0.2, -0.15) is 0 Å². The van der Waals surface area contributed by atoms with Crippen LogP contribution in [0.15, 0.2) is 47.1 Å². The molecule has 1 saturated heterocycles. The summed E-state index contributed by atoms with van der Waals surface area (Å²) in [6, 6.07) is 10.6. The van der Waals surface area contributed by atoms with Crippen LogP contribution in [0.3, 0.4) is 0 Å². The Kier molecular flexibility index (Phi) is 6.30. The van der Waals surface area contributed by atoms with Gasteiger partial charge < -0.3 is 15.1 Å². The highest BCUT2D eigenvalue weighted by Crippen LogP contribution is 2.21. The number of halogens is 1. The van der Waals surface area contributed by atoms with Gasteiger partial charge in [-0.15, -0.1) is 0 Å². The molecular formula is C19H22ClN3O3. The molecule has 0 bridgehead atoms. The van der Waals surface area contributed by atoms with Crippen LogP contribution in [0.25, 0.3) is 0 Å². The van der Waals surface area contributed by atoms with Crippen LogP contribution in [0.2, 0.25) is 5.02 Å². The molecule has 2 aromatic rings. The van der Waals surface area contributed by atoms with E-state index in [1.54, 1.807) is 24.5 Å². The second-order valence-corrected chi connectivity index (χ2v) is 6.68. The predicted molar refractivity (Wildman–Crippen MR) is 99.8 cm³/mol. The Bertz CT molecular complexity index is 748. The Hall–Kier alpha value is -2.31. The van der Waals surface area contributed by atoms with E-state index in [2.05, 4.69) is 15.5 Å². The maximum atomic E-state index is 12.4. The first-order valence-electron chi connectivity index (χ1n) is 8.72. The third kappa shape index (κ3) is 4.86. The first-order valence-corrected chi connectivity index (χ1v) is 9.10. The number of amides is 2. The molecule has 26 heavy (non-hydrogen) atoms. The Morgan fingerprint density at radius 2 is 2.08 bits per heavy atom. The summed E-state index contributed by atoms with van der Waals surface area (Å²) >= 11 is 6.05. The van der Waals surface area contributed by atoms with Crippen molar-refractivity contribution in [2.24, 2.45) is 0 Å². The van der Waals surface area contributed by atoms with Crippen molar-refractivity contribution in [2.75, 3.05) is 18.4 Å². The Morgan fingerprint density at radius 1 is 1.23 bits per heavy atom. The fraction of sp³-hybridized carbons (Fsp3) is 0.368. The van der Waals surface area contributed by atoms with Crippen molar-refractivity contribution >= 4 is 29.1 Å². The minimum absolute atomic E-state index is 0.0228. The average Bonchev–Trinajstić information content (AvgIpc) is 3.31. The molecule has 6 nitrogen and oxygen atoms in total. The van der Waals surface area contributed by atoms with E-state index in [4.69, 9.17) is 16.0 Å². The highest BCUT2D eigenvalue weighted by Gasteiger charge is 2.30. The number of benzene rings is 1.